The molecule has 0 radical (unpaired) electrons. The van der Waals surface area contributed by atoms with Crippen molar-refractivity contribution in [1.29, 1.82) is 0 Å². The summed E-state index contributed by atoms with van der Waals surface area (Å²) in [4.78, 5) is 5.12. The fraction of sp³-hybridized carbons (Fsp3) is 0.188. The molecule has 2 aliphatic heterocycles. The largest absolute Gasteiger partial charge is 0.314 e. The van der Waals surface area contributed by atoms with Crippen LogP contribution in [0.15, 0.2) is 192 Å². The van der Waals surface area contributed by atoms with Crippen LogP contribution < -0.4 is 9.80 Å². The highest BCUT2D eigenvalue weighted by Gasteiger charge is 2.48. The number of hydrogen-bond acceptors (Lipinski definition) is 2. The second-order valence-corrected chi connectivity index (χ2v) is 20.4. The van der Waals surface area contributed by atoms with E-state index in [1.165, 1.54) is 118 Å². The minimum atomic E-state index is -0.132. The average Bonchev–Trinajstić information content (AvgIpc) is 3.95. The molecule has 66 heavy (non-hydrogen) atoms. The second kappa shape index (κ2) is 14.2. The Morgan fingerprint density at radius 1 is 0.470 bits per heavy atom. The summed E-state index contributed by atoms with van der Waals surface area (Å²) in [6.45, 7) is 4.84. The van der Waals surface area contributed by atoms with Gasteiger partial charge in [0.2, 0.25) is 0 Å². The van der Waals surface area contributed by atoms with Gasteiger partial charge in [0.15, 0.2) is 0 Å². The van der Waals surface area contributed by atoms with Gasteiger partial charge in [-0.15, -0.1) is 0 Å². The lowest BCUT2D eigenvalue weighted by Gasteiger charge is -2.37. The van der Waals surface area contributed by atoms with Gasteiger partial charge in [0, 0.05) is 51.4 Å². The molecule has 2 heterocycles. The maximum absolute atomic E-state index is 2.56. The summed E-state index contributed by atoms with van der Waals surface area (Å²) >= 11 is 0. The molecule has 2 heteroatoms. The third kappa shape index (κ3) is 5.54. The van der Waals surface area contributed by atoms with Gasteiger partial charge in [-0.1, -0.05) is 153 Å². The Labute approximate surface area is 389 Å². The zero-order valence-electron chi connectivity index (χ0n) is 37.9. The van der Waals surface area contributed by atoms with Gasteiger partial charge in [-0.05, 0) is 176 Å². The van der Waals surface area contributed by atoms with E-state index in [0.29, 0.717) is 0 Å². The second-order valence-electron chi connectivity index (χ2n) is 20.4. The van der Waals surface area contributed by atoms with Crippen molar-refractivity contribution in [3.63, 3.8) is 0 Å². The third-order valence-electron chi connectivity index (χ3n) is 16.4. The molecule has 1 spiro atoms. The molecular weight excluding hydrogens is 797 g/mol. The van der Waals surface area contributed by atoms with E-state index in [4.69, 9.17) is 0 Å². The Morgan fingerprint density at radius 2 is 0.985 bits per heavy atom. The Balaban J connectivity index is 0.810. The number of hydrogen-bond donors (Lipinski definition) is 0. The van der Waals surface area contributed by atoms with Crippen molar-refractivity contribution in [2.24, 2.45) is 0 Å². The minimum absolute atomic E-state index is 0.118. The number of benzene rings is 7. The van der Waals surface area contributed by atoms with Gasteiger partial charge < -0.3 is 9.80 Å². The summed E-state index contributed by atoms with van der Waals surface area (Å²) in [7, 11) is 0. The molecule has 0 amide bonds. The summed E-state index contributed by atoms with van der Waals surface area (Å²) in [5.74, 6) is 0. The van der Waals surface area contributed by atoms with Crippen molar-refractivity contribution in [2.45, 2.75) is 76.0 Å². The highest BCUT2D eigenvalue weighted by molar-refractivity contribution is 5.89. The number of nitrogens with zero attached hydrogens (tertiary/aromatic N) is 2. The highest BCUT2D eigenvalue weighted by Crippen LogP contribution is 2.58. The van der Waals surface area contributed by atoms with Crippen LogP contribution in [0.4, 0.5) is 22.7 Å². The molecule has 0 saturated heterocycles. The first-order valence-corrected chi connectivity index (χ1v) is 24.3. The van der Waals surface area contributed by atoms with Crippen molar-refractivity contribution in [2.75, 3.05) is 9.80 Å². The van der Waals surface area contributed by atoms with Crippen LogP contribution in [0.2, 0.25) is 0 Å². The standard InChI is InChI=1S/C64H52N2/c1-63(2)55-33-41(25-29-51(55)52-31-27-49(37-56(52)63)65-59-19-9-5-13-43(59)35-44-14-6-10-20-60(44)65)23-24-42-26-30-53-54-32-28-50(66-61-21-11-7-15-45(61)36-46-16-8-12-22-62(46)66)38-58(54)64(57(53)34-42)39-47-17-3-4-18-48(47)40-64/h3-7,9,11-15,17-19,21-34,37-38H,8,10,16,20,35-36,39-40H2,1-2H3/b24-23+. The fourth-order valence-corrected chi connectivity index (χ4v) is 13.2. The van der Waals surface area contributed by atoms with E-state index in [-0.39, 0.29) is 10.8 Å². The molecule has 0 N–H and O–H groups in total. The molecule has 14 rings (SSSR count). The predicted octanol–water partition coefficient (Wildman–Crippen LogP) is 15.8. The zero-order chi connectivity index (χ0) is 43.7. The molecule has 0 fully saturated rings. The van der Waals surface area contributed by atoms with Crippen molar-refractivity contribution in [1.82, 2.24) is 0 Å². The number of fused-ring (bicyclic) bond motifs is 11. The Hall–Kier alpha value is -7.16. The number of rotatable bonds is 4. The van der Waals surface area contributed by atoms with E-state index in [0.717, 1.165) is 51.4 Å². The van der Waals surface area contributed by atoms with Crippen LogP contribution in [0.25, 0.3) is 34.4 Å². The summed E-state index contributed by atoms with van der Waals surface area (Å²) < 4.78 is 0. The summed E-state index contributed by atoms with van der Waals surface area (Å²) in [6, 6.07) is 56.3. The molecule has 0 aromatic heterocycles. The normalized spacial score (nSPS) is 18.5. The molecule has 0 bridgehead atoms. The summed E-state index contributed by atoms with van der Waals surface area (Å²) in [5.41, 5.74) is 30.3. The molecule has 0 atom stereocenters. The average molecular weight is 849 g/mol. The summed E-state index contributed by atoms with van der Waals surface area (Å²) in [5, 5.41) is 0. The zero-order valence-corrected chi connectivity index (χ0v) is 37.9. The van der Waals surface area contributed by atoms with E-state index in [1.807, 2.05) is 0 Å². The highest BCUT2D eigenvalue weighted by atomic mass is 15.2. The van der Waals surface area contributed by atoms with Crippen molar-refractivity contribution < 1.29 is 0 Å². The smallest absolute Gasteiger partial charge is 0.0496 e. The summed E-state index contributed by atoms with van der Waals surface area (Å²) in [6.07, 6.45) is 22.7. The molecule has 7 aliphatic rings. The topological polar surface area (TPSA) is 6.48 Å². The van der Waals surface area contributed by atoms with E-state index in [9.17, 15) is 0 Å². The van der Waals surface area contributed by atoms with Gasteiger partial charge in [-0.2, -0.15) is 0 Å². The predicted molar refractivity (Wildman–Crippen MR) is 275 cm³/mol. The lowest BCUT2D eigenvalue weighted by Crippen LogP contribution is -2.27. The number of para-hydroxylation sites is 2. The first-order valence-electron chi connectivity index (χ1n) is 24.3. The monoisotopic (exact) mass is 848 g/mol. The van der Waals surface area contributed by atoms with Crippen molar-refractivity contribution in [3.8, 4) is 22.3 Å². The molecule has 5 aliphatic carbocycles. The van der Waals surface area contributed by atoms with Gasteiger partial charge in [-0.25, -0.2) is 0 Å². The Kier molecular flexibility index (Phi) is 8.19. The maximum atomic E-state index is 2.56. The third-order valence-corrected chi connectivity index (χ3v) is 16.4. The van der Waals surface area contributed by atoms with Gasteiger partial charge in [0.1, 0.15) is 0 Å². The number of anilines is 4. The van der Waals surface area contributed by atoms with Crippen LogP contribution in [0.1, 0.15) is 95.2 Å². The molecule has 318 valence electrons. The lowest BCUT2D eigenvalue weighted by atomic mass is 9.75. The molecule has 0 saturated carbocycles. The van der Waals surface area contributed by atoms with Crippen LogP contribution in [-0.2, 0) is 36.5 Å². The lowest BCUT2D eigenvalue weighted by molar-refractivity contribution is 0.563. The van der Waals surface area contributed by atoms with E-state index < -0.39 is 0 Å². The van der Waals surface area contributed by atoms with Crippen molar-refractivity contribution >= 4 is 34.9 Å². The van der Waals surface area contributed by atoms with Crippen LogP contribution in [0.3, 0.4) is 0 Å². The first-order chi connectivity index (χ1) is 32.4. The maximum Gasteiger partial charge on any atom is 0.0496 e. The van der Waals surface area contributed by atoms with E-state index in [1.54, 1.807) is 5.57 Å². The van der Waals surface area contributed by atoms with Crippen LogP contribution >= 0.6 is 0 Å². The number of allylic oxidation sites excluding steroid dienone is 7. The van der Waals surface area contributed by atoms with Gasteiger partial charge in [0.05, 0.1) is 0 Å². The Bertz CT molecular complexity index is 3390. The molecule has 2 nitrogen and oxygen atoms in total. The molecule has 7 aromatic carbocycles. The van der Waals surface area contributed by atoms with E-state index in [2.05, 4.69) is 206 Å². The van der Waals surface area contributed by atoms with Gasteiger partial charge >= 0.3 is 0 Å². The van der Waals surface area contributed by atoms with Gasteiger partial charge in [-0.3, -0.25) is 0 Å². The fourth-order valence-electron chi connectivity index (χ4n) is 13.2. The van der Waals surface area contributed by atoms with E-state index >= 15 is 0 Å². The van der Waals surface area contributed by atoms with Crippen LogP contribution in [-0.4, -0.2) is 0 Å². The SMILES string of the molecule is CC1(C)c2cc(/C=C/c3ccc4c(c3)C3(Cc5ccccc5C3)c3cc(N5C6=C(CCC=C6)Cc6ccccc65)ccc3-4)ccc2-c2ccc(N3C4=C(C=CCC4)Cc4ccccc43)cc21. The first kappa shape index (κ1) is 38.1. The quantitative estimate of drug-likeness (QED) is 0.163. The molecule has 0 unspecified atom stereocenters. The van der Waals surface area contributed by atoms with Crippen LogP contribution in [0.5, 0.6) is 0 Å². The minimum Gasteiger partial charge on any atom is -0.314 e. The van der Waals surface area contributed by atoms with Gasteiger partial charge in [0.25, 0.3) is 0 Å². The van der Waals surface area contributed by atoms with Crippen molar-refractivity contribution in [3.05, 3.63) is 248 Å². The van der Waals surface area contributed by atoms with Crippen LogP contribution in [0, 0.1) is 0 Å². The molecular formula is C64H52N2. The molecule has 7 aromatic rings. The Morgan fingerprint density at radius 3 is 1.70 bits per heavy atom.